The van der Waals surface area contributed by atoms with Crippen LogP contribution in [0.1, 0.15) is 23.5 Å². The highest BCUT2D eigenvalue weighted by molar-refractivity contribution is 7.80. The number of pyridine rings is 1. The van der Waals surface area contributed by atoms with Gasteiger partial charge in [-0.25, -0.2) is 0 Å². The second-order valence-corrected chi connectivity index (χ2v) is 8.76. The van der Waals surface area contributed by atoms with Crippen LogP contribution in [0.4, 0.5) is 11.4 Å². The van der Waals surface area contributed by atoms with Crippen molar-refractivity contribution >= 4 is 28.7 Å². The first-order valence-electron chi connectivity index (χ1n) is 11.6. The summed E-state index contributed by atoms with van der Waals surface area (Å²) in [7, 11) is 4.64. The van der Waals surface area contributed by atoms with E-state index in [1.807, 2.05) is 47.4 Å². The van der Waals surface area contributed by atoms with E-state index in [9.17, 15) is 10.1 Å². The molecule has 10 nitrogen and oxygen atoms in total. The molecular weight excluding hydrogens is 508 g/mol. The van der Waals surface area contributed by atoms with Crippen LogP contribution in [0, 0.1) is 10.1 Å². The second kappa shape index (κ2) is 10.4. The van der Waals surface area contributed by atoms with Crippen molar-refractivity contribution < 1.29 is 23.6 Å². The number of furan rings is 1. The molecule has 0 spiro atoms. The SMILES string of the molecule is COc1ccc(OC)c(N2C(=S)N[C@H](c3ccccn3)[C@@H]2c2ccc(-c3ccc([N+](=O)[O-])cc3OC)o2)c1. The van der Waals surface area contributed by atoms with Crippen LogP contribution >= 0.6 is 12.2 Å². The zero-order valence-corrected chi connectivity index (χ0v) is 21.6. The number of nitro groups is 1. The highest BCUT2D eigenvalue weighted by Crippen LogP contribution is 2.47. The minimum atomic E-state index is -0.470. The molecule has 5 rings (SSSR count). The number of methoxy groups -OCH3 is 3. The molecule has 2 atom stereocenters. The number of nitro benzene ring substituents is 1. The van der Waals surface area contributed by atoms with E-state index in [1.54, 1.807) is 32.5 Å². The number of thiocarbonyl (C=S) groups is 1. The van der Waals surface area contributed by atoms with Crippen molar-refractivity contribution in [3.63, 3.8) is 0 Å². The van der Waals surface area contributed by atoms with Crippen LogP contribution in [-0.2, 0) is 0 Å². The lowest BCUT2D eigenvalue weighted by molar-refractivity contribution is -0.384. The number of rotatable bonds is 8. The molecule has 0 saturated carbocycles. The largest absolute Gasteiger partial charge is 0.497 e. The fourth-order valence-corrected chi connectivity index (χ4v) is 4.88. The topological polar surface area (TPSA) is 112 Å². The molecule has 0 unspecified atom stereocenters. The summed E-state index contributed by atoms with van der Waals surface area (Å²) >= 11 is 5.81. The molecule has 2 aromatic heterocycles. The van der Waals surface area contributed by atoms with Crippen molar-refractivity contribution in [2.24, 2.45) is 0 Å². The Morgan fingerprint density at radius 3 is 2.50 bits per heavy atom. The fraction of sp³-hybridized carbons (Fsp3) is 0.185. The molecule has 2 aromatic carbocycles. The normalized spacial score (nSPS) is 16.7. The van der Waals surface area contributed by atoms with E-state index < -0.39 is 11.0 Å². The monoisotopic (exact) mass is 532 g/mol. The minimum absolute atomic E-state index is 0.0748. The Kier molecular flexibility index (Phi) is 6.84. The van der Waals surface area contributed by atoms with Gasteiger partial charge in [-0.3, -0.25) is 15.1 Å². The van der Waals surface area contributed by atoms with Gasteiger partial charge in [-0.05, 0) is 54.7 Å². The van der Waals surface area contributed by atoms with Gasteiger partial charge in [-0.15, -0.1) is 0 Å². The Labute approximate surface area is 223 Å². The summed E-state index contributed by atoms with van der Waals surface area (Å²) in [5, 5.41) is 15.1. The zero-order valence-electron chi connectivity index (χ0n) is 20.8. The summed E-state index contributed by atoms with van der Waals surface area (Å²) in [6.07, 6.45) is 1.72. The number of ether oxygens (including phenoxy) is 3. The van der Waals surface area contributed by atoms with Crippen LogP contribution < -0.4 is 24.4 Å². The molecule has 3 heterocycles. The Balaban J connectivity index is 1.63. The molecule has 38 heavy (non-hydrogen) atoms. The van der Waals surface area contributed by atoms with E-state index in [-0.39, 0.29) is 11.7 Å². The van der Waals surface area contributed by atoms with Gasteiger partial charge in [0, 0.05) is 18.3 Å². The van der Waals surface area contributed by atoms with E-state index in [2.05, 4.69) is 10.3 Å². The third-order valence-electron chi connectivity index (χ3n) is 6.32. The molecule has 11 heteroatoms. The van der Waals surface area contributed by atoms with Crippen molar-refractivity contribution in [2.45, 2.75) is 12.1 Å². The smallest absolute Gasteiger partial charge is 0.273 e. The third kappa shape index (κ3) is 4.48. The number of non-ortho nitro benzene ring substituents is 1. The van der Waals surface area contributed by atoms with Gasteiger partial charge in [0.2, 0.25) is 0 Å². The quantitative estimate of drug-likeness (QED) is 0.178. The van der Waals surface area contributed by atoms with Gasteiger partial charge in [0.25, 0.3) is 5.69 Å². The third-order valence-corrected chi connectivity index (χ3v) is 6.64. The van der Waals surface area contributed by atoms with Gasteiger partial charge in [-0.2, -0.15) is 0 Å². The molecule has 1 aliphatic rings. The van der Waals surface area contributed by atoms with Gasteiger partial charge in [-0.1, -0.05) is 6.07 Å². The summed E-state index contributed by atoms with van der Waals surface area (Å²) in [5.74, 6) is 2.65. The second-order valence-electron chi connectivity index (χ2n) is 8.38. The van der Waals surface area contributed by atoms with Gasteiger partial charge in [0.05, 0.1) is 55.3 Å². The maximum Gasteiger partial charge on any atom is 0.273 e. The van der Waals surface area contributed by atoms with Gasteiger partial charge >= 0.3 is 0 Å². The summed E-state index contributed by atoms with van der Waals surface area (Å²) in [5.41, 5.74) is 1.97. The predicted molar refractivity (Wildman–Crippen MR) is 145 cm³/mol. The standard InChI is InChI=1S/C27H24N4O6S/c1-34-17-8-10-22(35-2)20(15-17)30-26(25(29-27(30)38)19-6-4-5-13-28-19)23-12-11-21(37-23)18-9-7-16(31(32)33)14-24(18)36-3/h4-15,25-26H,1-3H3,(H,29,38)/t25-,26+/m1/s1. The van der Waals surface area contributed by atoms with E-state index in [4.69, 9.17) is 30.8 Å². The molecule has 4 aromatic rings. The van der Waals surface area contributed by atoms with Crippen LogP contribution in [0.15, 0.2) is 77.3 Å². The lowest BCUT2D eigenvalue weighted by atomic mass is 10.0. The van der Waals surface area contributed by atoms with E-state index in [0.29, 0.717) is 45.1 Å². The number of benzene rings is 2. The minimum Gasteiger partial charge on any atom is -0.497 e. The van der Waals surface area contributed by atoms with Crippen molar-refractivity contribution in [3.05, 3.63) is 94.5 Å². The lowest BCUT2D eigenvalue weighted by Crippen LogP contribution is -2.29. The number of nitrogens with one attached hydrogen (secondary N) is 1. The van der Waals surface area contributed by atoms with Crippen LogP contribution in [0.2, 0.25) is 0 Å². The van der Waals surface area contributed by atoms with Crippen molar-refractivity contribution in [1.29, 1.82) is 0 Å². The Bertz CT molecular complexity index is 1490. The van der Waals surface area contributed by atoms with Crippen molar-refractivity contribution in [2.75, 3.05) is 26.2 Å². The van der Waals surface area contributed by atoms with Gasteiger partial charge < -0.3 is 28.8 Å². The summed E-state index contributed by atoms with van der Waals surface area (Å²) < 4.78 is 23.0. The number of hydrogen-bond donors (Lipinski definition) is 1. The number of hydrogen-bond acceptors (Lipinski definition) is 8. The first kappa shape index (κ1) is 25.0. The lowest BCUT2D eigenvalue weighted by Gasteiger charge is -2.27. The average molecular weight is 533 g/mol. The summed E-state index contributed by atoms with van der Waals surface area (Å²) in [4.78, 5) is 17.3. The number of aromatic nitrogens is 1. The van der Waals surface area contributed by atoms with Crippen LogP contribution in [0.25, 0.3) is 11.3 Å². The maximum atomic E-state index is 11.2. The van der Waals surface area contributed by atoms with E-state index in [0.717, 1.165) is 5.69 Å². The first-order chi connectivity index (χ1) is 18.4. The molecule has 1 N–H and O–H groups in total. The summed E-state index contributed by atoms with van der Waals surface area (Å²) in [6.45, 7) is 0. The van der Waals surface area contributed by atoms with Gasteiger partial charge in [0.1, 0.15) is 34.8 Å². The highest BCUT2D eigenvalue weighted by atomic mass is 32.1. The Morgan fingerprint density at radius 2 is 1.82 bits per heavy atom. The molecule has 0 radical (unpaired) electrons. The Morgan fingerprint density at radius 1 is 1.00 bits per heavy atom. The molecule has 194 valence electrons. The molecule has 1 fully saturated rings. The Hall–Kier alpha value is -4.64. The fourth-order valence-electron chi connectivity index (χ4n) is 4.54. The van der Waals surface area contributed by atoms with Crippen LogP contribution in [-0.4, -0.2) is 36.3 Å². The molecule has 1 aliphatic heterocycles. The molecule has 0 bridgehead atoms. The maximum absolute atomic E-state index is 11.2. The van der Waals surface area contributed by atoms with Crippen LogP contribution in [0.5, 0.6) is 17.2 Å². The molecule has 0 amide bonds. The van der Waals surface area contributed by atoms with Crippen molar-refractivity contribution in [1.82, 2.24) is 10.3 Å². The zero-order chi connectivity index (χ0) is 26.8. The summed E-state index contributed by atoms with van der Waals surface area (Å²) in [6, 6.07) is 18.4. The van der Waals surface area contributed by atoms with Crippen molar-refractivity contribution in [3.8, 4) is 28.6 Å². The van der Waals surface area contributed by atoms with E-state index in [1.165, 1.54) is 19.2 Å². The molecule has 1 saturated heterocycles. The number of anilines is 1. The number of nitrogens with zero attached hydrogens (tertiary/aromatic N) is 3. The first-order valence-corrected chi connectivity index (χ1v) is 12.0. The molecular formula is C27H24N4O6S. The van der Waals surface area contributed by atoms with E-state index >= 15 is 0 Å². The van der Waals surface area contributed by atoms with Crippen LogP contribution in [0.3, 0.4) is 0 Å². The highest BCUT2D eigenvalue weighted by Gasteiger charge is 2.43. The predicted octanol–water partition coefficient (Wildman–Crippen LogP) is 5.45. The van der Waals surface area contributed by atoms with Gasteiger partial charge in [0.15, 0.2) is 5.11 Å². The molecule has 0 aliphatic carbocycles. The average Bonchev–Trinajstić information content (AvgIpc) is 3.57.